The molecule has 0 saturated heterocycles. The number of rotatable bonds is 7. The van der Waals surface area contributed by atoms with Gasteiger partial charge in [-0.15, -0.1) is 0 Å². The Hall–Kier alpha value is -10.9. The highest BCUT2D eigenvalue weighted by Crippen LogP contribution is 2.40. The Morgan fingerprint density at radius 2 is 0.693 bits per heavy atom. The van der Waals surface area contributed by atoms with Gasteiger partial charge < -0.3 is 13.7 Å². The molecular formula is C67H38N8. The highest BCUT2D eigenvalue weighted by Gasteiger charge is 2.20. The maximum absolute atomic E-state index is 10.7. The summed E-state index contributed by atoms with van der Waals surface area (Å²) in [4.78, 5) is 9.89. The molecule has 0 atom stereocenters. The van der Waals surface area contributed by atoms with Crippen molar-refractivity contribution < 1.29 is 0 Å². The fourth-order valence-corrected chi connectivity index (χ4v) is 11.1. The minimum Gasteiger partial charge on any atom is -0.309 e. The number of fused-ring (bicyclic) bond motifs is 9. The summed E-state index contributed by atoms with van der Waals surface area (Å²) >= 11 is 0. The molecule has 10 aromatic carbocycles. The van der Waals surface area contributed by atoms with Crippen LogP contribution in [0.1, 0.15) is 16.7 Å². The Kier molecular flexibility index (Phi) is 9.85. The maximum Gasteiger partial charge on any atom is 0.160 e. The third kappa shape index (κ3) is 6.96. The van der Waals surface area contributed by atoms with Crippen LogP contribution >= 0.6 is 0 Å². The van der Waals surface area contributed by atoms with Crippen molar-refractivity contribution in [1.29, 1.82) is 15.8 Å². The van der Waals surface area contributed by atoms with Crippen LogP contribution in [0.15, 0.2) is 231 Å². The quantitative estimate of drug-likeness (QED) is 0.158. The molecule has 0 radical (unpaired) electrons. The Labute approximate surface area is 430 Å². The van der Waals surface area contributed by atoms with Gasteiger partial charge in [0.05, 0.1) is 79.4 Å². The molecule has 0 saturated carbocycles. The SMILES string of the molecule is N#Cc1ccc(-c2cc(-c3ccc(-c4ccc(-n5c6ccc(-n7c8ccccc8c8ccccc87)cc6c6cc(-n7c8ccccc8c8ccccc87)ccc65)cc4)cc3C#N)nc(-c3ccc(C#N)cc3)n2)cc1. The summed E-state index contributed by atoms with van der Waals surface area (Å²) < 4.78 is 7.12. The van der Waals surface area contributed by atoms with Gasteiger partial charge >= 0.3 is 0 Å². The molecule has 4 aromatic heterocycles. The molecule has 4 heterocycles. The van der Waals surface area contributed by atoms with E-state index < -0.39 is 0 Å². The predicted molar refractivity (Wildman–Crippen MR) is 301 cm³/mol. The van der Waals surface area contributed by atoms with Gasteiger partial charge in [-0.3, -0.25) is 0 Å². The highest BCUT2D eigenvalue weighted by atomic mass is 15.0. The number of aromatic nitrogens is 5. The van der Waals surface area contributed by atoms with Crippen LogP contribution in [0, 0.1) is 34.0 Å². The molecule has 14 rings (SSSR count). The number of hydrogen-bond acceptors (Lipinski definition) is 5. The van der Waals surface area contributed by atoms with Crippen molar-refractivity contribution in [2.75, 3.05) is 0 Å². The lowest BCUT2D eigenvalue weighted by Crippen LogP contribution is -1.98. The van der Waals surface area contributed by atoms with E-state index in [0.717, 1.165) is 83.2 Å². The van der Waals surface area contributed by atoms with Gasteiger partial charge in [-0.25, -0.2) is 9.97 Å². The lowest BCUT2D eigenvalue weighted by atomic mass is 9.97. The lowest BCUT2D eigenvalue weighted by molar-refractivity contribution is 1.16. The van der Waals surface area contributed by atoms with Crippen molar-refractivity contribution in [3.63, 3.8) is 0 Å². The van der Waals surface area contributed by atoms with E-state index in [1.165, 1.54) is 21.5 Å². The van der Waals surface area contributed by atoms with Crippen molar-refractivity contribution in [2.45, 2.75) is 0 Å². The van der Waals surface area contributed by atoms with Crippen LogP contribution < -0.4 is 0 Å². The molecule has 14 aromatic rings. The topological polar surface area (TPSA) is 112 Å². The average molecular weight is 955 g/mol. The molecule has 0 aliphatic rings. The molecule has 0 aliphatic heterocycles. The van der Waals surface area contributed by atoms with E-state index in [0.29, 0.717) is 39.5 Å². The summed E-state index contributed by atoms with van der Waals surface area (Å²) in [7, 11) is 0. The molecule has 0 amide bonds. The molecule has 0 spiro atoms. The third-order valence-corrected chi connectivity index (χ3v) is 14.6. The average Bonchev–Trinajstić information content (AvgIpc) is 4.13. The molecule has 0 fully saturated rings. The summed E-state index contributed by atoms with van der Waals surface area (Å²) in [5, 5.41) is 36.8. The number of nitriles is 3. The van der Waals surface area contributed by atoms with E-state index in [9.17, 15) is 15.8 Å². The van der Waals surface area contributed by atoms with Crippen LogP contribution in [0.5, 0.6) is 0 Å². The van der Waals surface area contributed by atoms with Crippen molar-refractivity contribution in [2.24, 2.45) is 0 Å². The zero-order valence-electron chi connectivity index (χ0n) is 40.0. The minimum absolute atomic E-state index is 0.454. The first-order valence-electron chi connectivity index (χ1n) is 24.6. The second-order valence-electron chi connectivity index (χ2n) is 18.7. The summed E-state index contributed by atoms with van der Waals surface area (Å²) in [6.45, 7) is 0. The van der Waals surface area contributed by atoms with Crippen molar-refractivity contribution in [1.82, 2.24) is 23.7 Å². The molecular weight excluding hydrogens is 917 g/mol. The van der Waals surface area contributed by atoms with Crippen molar-refractivity contribution in [3.8, 4) is 80.3 Å². The third-order valence-electron chi connectivity index (χ3n) is 14.6. The van der Waals surface area contributed by atoms with Crippen molar-refractivity contribution >= 4 is 65.4 Å². The molecule has 0 N–H and O–H groups in total. The van der Waals surface area contributed by atoms with Crippen LogP contribution in [0.3, 0.4) is 0 Å². The van der Waals surface area contributed by atoms with E-state index in [-0.39, 0.29) is 0 Å². The van der Waals surface area contributed by atoms with Crippen LogP contribution in [0.25, 0.3) is 128 Å². The molecule has 346 valence electrons. The first kappa shape index (κ1) is 43.0. The largest absolute Gasteiger partial charge is 0.309 e. The monoisotopic (exact) mass is 954 g/mol. The molecule has 75 heavy (non-hydrogen) atoms. The van der Waals surface area contributed by atoms with Gasteiger partial charge in [-0.1, -0.05) is 109 Å². The highest BCUT2D eigenvalue weighted by molar-refractivity contribution is 6.14. The summed E-state index contributed by atoms with van der Waals surface area (Å²) in [5.74, 6) is 0.454. The van der Waals surface area contributed by atoms with Crippen LogP contribution in [0.4, 0.5) is 0 Å². The Bertz CT molecular complexity index is 4430. The molecule has 8 heteroatoms. The zero-order chi connectivity index (χ0) is 50.1. The second kappa shape index (κ2) is 17.2. The van der Waals surface area contributed by atoms with Crippen LogP contribution in [0.2, 0.25) is 0 Å². The van der Waals surface area contributed by atoms with Gasteiger partial charge in [0.15, 0.2) is 5.82 Å². The molecule has 8 nitrogen and oxygen atoms in total. The Morgan fingerprint density at radius 1 is 0.293 bits per heavy atom. The summed E-state index contributed by atoms with van der Waals surface area (Å²) in [6.07, 6.45) is 0. The number of para-hydroxylation sites is 4. The van der Waals surface area contributed by atoms with Gasteiger partial charge in [0.1, 0.15) is 0 Å². The lowest BCUT2D eigenvalue weighted by Gasteiger charge is -2.13. The van der Waals surface area contributed by atoms with Gasteiger partial charge in [0.2, 0.25) is 0 Å². The fraction of sp³-hybridized carbons (Fsp3) is 0. The van der Waals surface area contributed by atoms with E-state index in [4.69, 9.17) is 9.97 Å². The molecule has 0 bridgehead atoms. The number of nitrogens with zero attached hydrogens (tertiary/aromatic N) is 8. The maximum atomic E-state index is 10.7. The standard InChI is InChI=1S/C67H38N8/c68-39-42-17-21-45(22-18-42)59-38-60(72-67(71-59)46-23-19-43(40-69)20-24-46)52-32-27-47(35-48(52)41-70)44-25-28-49(29-26-44)73-65-33-30-50(74-61-13-5-1-9-53(61)54-10-2-6-14-62(54)74)36-57(65)58-37-51(31-34-66(58)73)75-63-15-7-3-11-55(63)56-12-4-8-16-64(56)75/h1-38H. The van der Waals surface area contributed by atoms with Gasteiger partial charge in [-0.05, 0) is 132 Å². The van der Waals surface area contributed by atoms with Gasteiger partial charge in [0.25, 0.3) is 0 Å². The first-order chi connectivity index (χ1) is 37.0. The summed E-state index contributed by atoms with van der Waals surface area (Å²) in [5.41, 5.74) is 16.8. The molecule has 0 unspecified atom stereocenters. The Balaban J connectivity index is 0.894. The van der Waals surface area contributed by atoms with E-state index in [2.05, 4.69) is 190 Å². The van der Waals surface area contributed by atoms with E-state index >= 15 is 0 Å². The van der Waals surface area contributed by atoms with Gasteiger partial charge in [0, 0.05) is 66.1 Å². The zero-order valence-corrected chi connectivity index (χ0v) is 40.0. The van der Waals surface area contributed by atoms with E-state index in [1.54, 1.807) is 24.3 Å². The minimum atomic E-state index is 0.454. The number of hydrogen-bond donors (Lipinski definition) is 0. The number of benzene rings is 10. The first-order valence-corrected chi connectivity index (χ1v) is 24.6. The van der Waals surface area contributed by atoms with Crippen LogP contribution in [-0.2, 0) is 0 Å². The molecule has 0 aliphatic carbocycles. The summed E-state index contributed by atoms with van der Waals surface area (Å²) in [6, 6.07) is 85.8. The van der Waals surface area contributed by atoms with E-state index in [1.807, 2.05) is 48.5 Å². The normalized spacial score (nSPS) is 11.4. The Morgan fingerprint density at radius 3 is 1.17 bits per heavy atom. The second-order valence-corrected chi connectivity index (χ2v) is 18.7. The van der Waals surface area contributed by atoms with Crippen molar-refractivity contribution in [3.05, 3.63) is 247 Å². The van der Waals surface area contributed by atoms with Crippen LogP contribution in [-0.4, -0.2) is 23.7 Å². The predicted octanol–water partition coefficient (Wildman–Crippen LogP) is 16.1. The smallest absolute Gasteiger partial charge is 0.160 e. The van der Waals surface area contributed by atoms with Gasteiger partial charge in [-0.2, -0.15) is 15.8 Å². The fourth-order valence-electron chi connectivity index (χ4n) is 11.1.